The van der Waals surface area contributed by atoms with E-state index in [-0.39, 0.29) is 0 Å². The lowest BCUT2D eigenvalue weighted by Gasteiger charge is -2.28. The summed E-state index contributed by atoms with van der Waals surface area (Å²) in [5, 5.41) is 0. The molecule has 0 nitrogen and oxygen atoms in total. The number of hydrogen-bond donors (Lipinski definition) is 0. The van der Waals surface area contributed by atoms with Crippen molar-refractivity contribution in [2.45, 2.75) is 57.3 Å². The first-order valence-electron chi connectivity index (χ1n) is 4.75. The molecule has 0 aromatic carbocycles. The highest BCUT2D eigenvalue weighted by molar-refractivity contribution is 6.81. The zero-order valence-corrected chi connectivity index (χ0v) is 8.61. The first-order chi connectivity index (χ1) is 4.75. The molecule has 1 aliphatic rings. The Morgan fingerprint density at radius 3 is 2.10 bits per heavy atom. The van der Waals surface area contributed by atoms with E-state index in [0.717, 1.165) is 5.54 Å². The third-order valence-corrected chi connectivity index (χ3v) is 10.3. The van der Waals surface area contributed by atoms with Gasteiger partial charge in [-0.1, -0.05) is 51.7 Å². The van der Waals surface area contributed by atoms with Crippen molar-refractivity contribution in [3.63, 3.8) is 0 Å². The van der Waals surface area contributed by atoms with Crippen LogP contribution in [0.3, 0.4) is 0 Å². The third kappa shape index (κ3) is 1.16. The van der Waals surface area contributed by atoms with E-state index in [9.17, 15) is 0 Å². The summed E-state index contributed by atoms with van der Waals surface area (Å²) in [4.78, 5) is 0. The largest absolute Gasteiger partial charge is 0.0678 e. The normalized spacial score (nSPS) is 30.9. The first-order valence-corrected chi connectivity index (χ1v) is 7.45. The average Bonchev–Trinajstić information content (AvgIpc) is 2.32. The second-order valence-electron chi connectivity index (χ2n) is 3.86. The molecule has 0 aromatic rings. The summed E-state index contributed by atoms with van der Waals surface area (Å²) in [6.07, 6.45) is 3.07. The van der Waals surface area contributed by atoms with Crippen LogP contribution in [0.5, 0.6) is 0 Å². The van der Waals surface area contributed by atoms with E-state index < -0.39 is 8.07 Å². The molecule has 0 spiro atoms. The van der Waals surface area contributed by atoms with Crippen LogP contribution in [-0.4, -0.2) is 8.07 Å². The van der Waals surface area contributed by atoms with Crippen molar-refractivity contribution in [3.05, 3.63) is 0 Å². The highest BCUT2D eigenvalue weighted by Crippen LogP contribution is 2.43. The fourth-order valence-corrected chi connectivity index (χ4v) is 7.43. The van der Waals surface area contributed by atoms with Crippen LogP contribution in [-0.2, 0) is 0 Å². The van der Waals surface area contributed by atoms with Gasteiger partial charge >= 0.3 is 0 Å². The van der Waals surface area contributed by atoms with Gasteiger partial charge in [0.05, 0.1) is 8.07 Å². The van der Waals surface area contributed by atoms with Crippen LogP contribution >= 0.6 is 0 Å². The molecule has 1 heterocycles. The van der Waals surface area contributed by atoms with Gasteiger partial charge in [-0.2, -0.15) is 0 Å². The van der Waals surface area contributed by atoms with Crippen molar-refractivity contribution < 1.29 is 0 Å². The molecule has 0 N–H and O–H groups in total. The summed E-state index contributed by atoms with van der Waals surface area (Å²) >= 11 is 0. The quantitative estimate of drug-likeness (QED) is 0.535. The molecular weight excluding hydrogens is 136 g/mol. The van der Waals surface area contributed by atoms with Gasteiger partial charge in [0, 0.05) is 0 Å². The van der Waals surface area contributed by atoms with Crippen LogP contribution in [0, 0.1) is 0 Å². The molecule has 1 fully saturated rings. The second kappa shape index (κ2) is 3.08. The van der Waals surface area contributed by atoms with Crippen molar-refractivity contribution in [1.29, 1.82) is 0 Å². The predicted molar refractivity (Wildman–Crippen MR) is 50.2 cm³/mol. The molecule has 10 heavy (non-hydrogen) atoms. The Morgan fingerprint density at radius 2 is 1.90 bits per heavy atom. The molecule has 0 aromatic heterocycles. The molecule has 1 rings (SSSR count). The van der Waals surface area contributed by atoms with E-state index >= 15 is 0 Å². The third-order valence-electron chi connectivity index (χ3n) is 3.77. The van der Waals surface area contributed by atoms with Gasteiger partial charge in [-0.3, -0.25) is 0 Å². The van der Waals surface area contributed by atoms with Gasteiger partial charge < -0.3 is 0 Å². The Balaban J connectivity index is 2.61. The average molecular weight is 156 g/mol. The van der Waals surface area contributed by atoms with Crippen LogP contribution in [0.4, 0.5) is 0 Å². The Kier molecular flexibility index (Phi) is 2.56. The molecule has 1 atom stereocenters. The maximum Gasteiger partial charge on any atom is 0.0558 e. The minimum atomic E-state index is -0.684. The number of hydrogen-bond acceptors (Lipinski definition) is 0. The predicted octanol–water partition coefficient (Wildman–Crippen LogP) is 3.66. The second-order valence-corrected chi connectivity index (χ2v) is 9.49. The van der Waals surface area contributed by atoms with Crippen molar-refractivity contribution in [1.82, 2.24) is 0 Å². The fraction of sp³-hybridized carbons (Fsp3) is 1.00. The van der Waals surface area contributed by atoms with Crippen LogP contribution in [0.1, 0.15) is 33.6 Å². The monoisotopic (exact) mass is 156 g/mol. The maximum atomic E-state index is 2.49. The van der Waals surface area contributed by atoms with E-state index in [1.165, 1.54) is 24.9 Å². The molecule has 0 bridgehead atoms. The topological polar surface area (TPSA) is 0 Å². The molecule has 60 valence electrons. The van der Waals surface area contributed by atoms with Crippen LogP contribution < -0.4 is 0 Å². The molecule has 0 amide bonds. The van der Waals surface area contributed by atoms with E-state index in [4.69, 9.17) is 0 Å². The summed E-state index contributed by atoms with van der Waals surface area (Å²) in [6, 6.07) is 4.69. The summed E-state index contributed by atoms with van der Waals surface area (Å²) in [7, 11) is -0.684. The van der Waals surface area contributed by atoms with Gasteiger partial charge in [-0.05, 0) is 5.54 Å². The van der Waals surface area contributed by atoms with E-state index in [0.29, 0.717) is 0 Å². The van der Waals surface area contributed by atoms with Crippen molar-refractivity contribution in [3.8, 4) is 0 Å². The van der Waals surface area contributed by atoms with Gasteiger partial charge in [0.25, 0.3) is 0 Å². The van der Waals surface area contributed by atoms with Crippen LogP contribution in [0.25, 0.3) is 0 Å². The lowest BCUT2D eigenvalue weighted by Crippen LogP contribution is -2.31. The maximum absolute atomic E-state index is 2.49. The summed E-state index contributed by atoms with van der Waals surface area (Å²) < 4.78 is 0. The van der Waals surface area contributed by atoms with E-state index in [1.54, 1.807) is 6.04 Å². The highest BCUT2D eigenvalue weighted by atomic mass is 28.3. The van der Waals surface area contributed by atoms with Crippen molar-refractivity contribution in [2.75, 3.05) is 0 Å². The Labute approximate surface area is 66.0 Å². The van der Waals surface area contributed by atoms with Crippen LogP contribution in [0.2, 0.25) is 23.7 Å². The summed E-state index contributed by atoms with van der Waals surface area (Å²) in [6.45, 7) is 7.32. The van der Waals surface area contributed by atoms with Crippen molar-refractivity contribution in [2.24, 2.45) is 0 Å². The minimum absolute atomic E-state index is 0.684. The fourth-order valence-electron chi connectivity index (χ4n) is 2.61. The van der Waals surface area contributed by atoms with Crippen molar-refractivity contribution >= 4 is 8.07 Å². The molecule has 0 aliphatic carbocycles. The van der Waals surface area contributed by atoms with Gasteiger partial charge in [-0.25, -0.2) is 0 Å². The number of rotatable bonds is 2. The molecule has 1 heteroatoms. The van der Waals surface area contributed by atoms with E-state index in [2.05, 4.69) is 20.8 Å². The molecule has 0 radical (unpaired) electrons. The van der Waals surface area contributed by atoms with E-state index in [1.807, 2.05) is 0 Å². The molecule has 0 unspecified atom stereocenters. The first kappa shape index (κ1) is 8.31. The zero-order chi connectivity index (χ0) is 7.61. The lowest BCUT2D eigenvalue weighted by molar-refractivity contribution is 0.812. The zero-order valence-electron chi connectivity index (χ0n) is 7.61. The van der Waals surface area contributed by atoms with Gasteiger partial charge in [0.15, 0.2) is 0 Å². The van der Waals surface area contributed by atoms with Gasteiger partial charge in [0.2, 0.25) is 0 Å². The Morgan fingerprint density at radius 1 is 1.30 bits per heavy atom. The smallest absolute Gasteiger partial charge is 0.0558 e. The Hall–Kier alpha value is 0.217. The standard InChI is InChI=1S/C9H20Si/c1-4-10(5-2)8-6-7-9(10)3/h9H,4-8H2,1-3H3/t9-/m1/s1. The lowest BCUT2D eigenvalue weighted by atomic mass is 10.3. The SMILES string of the molecule is CC[Si]1(CC)CCC[C@H]1C. The molecule has 1 saturated heterocycles. The Bertz CT molecular complexity index is 105. The summed E-state index contributed by atoms with van der Waals surface area (Å²) in [5.74, 6) is 0. The molecule has 0 saturated carbocycles. The summed E-state index contributed by atoms with van der Waals surface area (Å²) in [5.41, 5.74) is 1.13. The van der Waals surface area contributed by atoms with Gasteiger partial charge in [0.1, 0.15) is 0 Å². The van der Waals surface area contributed by atoms with Gasteiger partial charge in [-0.15, -0.1) is 0 Å². The minimum Gasteiger partial charge on any atom is -0.0678 e. The molecular formula is C9H20Si. The highest BCUT2D eigenvalue weighted by Gasteiger charge is 2.38. The van der Waals surface area contributed by atoms with Crippen LogP contribution in [0.15, 0.2) is 0 Å². The molecule has 1 aliphatic heterocycles.